The summed E-state index contributed by atoms with van der Waals surface area (Å²) in [5, 5.41) is 0. The number of hydrogen-bond donors (Lipinski definition) is 0. The third-order valence-electron chi connectivity index (χ3n) is 5.06. The predicted octanol–water partition coefficient (Wildman–Crippen LogP) is 5.54. The Balaban J connectivity index is 2.10. The highest BCUT2D eigenvalue weighted by Crippen LogP contribution is 2.20. The standard InChI is InChI=1S/C25H33NO/c1-5-6-7-11-18-26(3)21(2)19-24-20-25(27-4)17-16-23(24)15-14-22-12-9-8-10-13-22/h8-10,12-13,16-17,20-21H,5-7,11,18-19H2,1-4H3. The largest absolute Gasteiger partial charge is 0.497 e. The van der Waals surface area contributed by atoms with Crippen LogP contribution in [0, 0.1) is 11.8 Å². The van der Waals surface area contributed by atoms with Crippen molar-refractivity contribution in [2.75, 3.05) is 20.7 Å². The van der Waals surface area contributed by atoms with Crippen molar-refractivity contribution >= 4 is 0 Å². The average molecular weight is 364 g/mol. The third-order valence-corrected chi connectivity index (χ3v) is 5.06. The van der Waals surface area contributed by atoms with E-state index in [1.54, 1.807) is 7.11 Å². The number of benzene rings is 2. The fraction of sp³-hybridized carbons (Fsp3) is 0.440. The molecule has 0 fully saturated rings. The van der Waals surface area contributed by atoms with Gasteiger partial charge in [0, 0.05) is 17.2 Å². The minimum absolute atomic E-state index is 0.469. The first kappa shape index (κ1) is 21.1. The number of nitrogens with zero attached hydrogens (tertiary/aromatic N) is 1. The van der Waals surface area contributed by atoms with E-state index in [1.807, 2.05) is 36.4 Å². The summed E-state index contributed by atoms with van der Waals surface area (Å²) >= 11 is 0. The molecule has 2 aromatic rings. The van der Waals surface area contributed by atoms with Crippen molar-refractivity contribution in [1.29, 1.82) is 0 Å². The summed E-state index contributed by atoms with van der Waals surface area (Å²) in [5.74, 6) is 7.54. The van der Waals surface area contributed by atoms with E-state index >= 15 is 0 Å². The second kappa shape index (κ2) is 11.5. The van der Waals surface area contributed by atoms with Gasteiger partial charge in [0.2, 0.25) is 0 Å². The lowest BCUT2D eigenvalue weighted by Crippen LogP contribution is -2.32. The smallest absolute Gasteiger partial charge is 0.119 e. The minimum Gasteiger partial charge on any atom is -0.497 e. The maximum Gasteiger partial charge on any atom is 0.119 e. The first-order valence-corrected chi connectivity index (χ1v) is 10.1. The molecule has 1 atom stereocenters. The van der Waals surface area contributed by atoms with Crippen molar-refractivity contribution in [3.05, 3.63) is 65.2 Å². The van der Waals surface area contributed by atoms with Crippen molar-refractivity contribution in [2.45, 2.75) is 52.0 Å². The van der Waals surface area contributed by atoms with Gasteiger partial charge in [-0.2, -0.15) is 0 Å². The molecule has 0 radical (unpaired) electrons. The molecule has 2 rings (SSSR count). The predicted molar refractivity (Wildman–Crippen MR) is 115 cm³/mol. The lowest BCUT2D eigenvalue weighted by molar-refractivity contribution is 0.250. The van der Waals surface area contributed by atoms with Crippen LogP contribution in [0.2, 0.25) is 0 Å². The van der Waals surface area contributed by atoms with Gasteiger partial charge in [0.1, 0.15) is 5.75 Å². The van der Waals surface area contributed by atoms with Gasteiger partial charge in [-0.25, -0.2) is 0 Å². The Bertz CT molecular complexity index is 742. The Morgan fingerprint density at radius 2 is 1.78 bits per heavy atom. The molecule has 2 heteroatoms. The monoisotopic (exact) mass is 363 g/mol. The van der Waals surface area contributed by atoms with Gasteiger partial charge in [0.25, 0.3) is 0 Å². The van der Waals surface area contributed by atoms with Gasteiger partial charge >= 0.3 is 0 Å². The number of methoxy groups -OCH3 is 1. The van der Waals surface area contributed by atoms with E-state index in [-0.39, 0.29) is 0 Å². The second-order valence-corrected chi connectivity index (χ2v) is 7.23. The topological polar surface area (TPSA) is 12.5 Å². The van der Waals surface area contributed by atoms with Crippen LogP contribution in [0.5, 0.6) is 5.75 Å². The Hall–Kier alpha value is -2.24. The lowest BCUT2D eigenvalue weighted by Gasteiger charge is -2.25. The Morgan fingerprint density at radius 1 is 1.00 bits per heavy atom. The molecule has 0 amide bonds. The minimum atomic E-state index is 0.469. The number of likely N-dealkylation sites (N-methyl/N-ethyl adjacent to an activating group) is 1. The molecule has 0 aliphatic rings. The van der Waals surface area contributed by atoms with Crippen LogP contribution in [0.3, 0.4) is 0 Å². The first-order valence-electron chi connectivity index (χ1n) is 10.1. The molecule has 144 valence electrons. The summed E-state index contributed by atoms with van der Waals surface area (Å²) in [5.41, 5.74) is 3.39. The van der Waals surface area contributed by atoms with Crippen molar-refractivity contribution in [3.63, 3.8) is 0 Å². The molecule has 0 bridgehead atoms. The van der Waals surface area contributed by atoms with Gasteiger partial charge in [0.05, 0.1) is 7.11 Å². The first-order chi connectivity index (χ1) is 13.1. The Labute approximate surface area is 165 Å². The highest BCUT2D eigenvalue weighted by Gasteiger charge is 2.12. The van der Waals surface area contributed by atoms with Crippen molar-refractivity contribution in [1.82, 2.24) is 4.90 Å². The SMILES string of the molecule is CCCCCCN(C)C(C)Cc1cc(OC)ccc1C#Cc1ccccc1. The zero-order valence-electron chi connectivity index (χ0n) is 17.3. The van der Waals surface area contributed by atoms with E-state index in [9.17, 15) is 0 Å². The summed E-state index contributed by atoms with van der Waals surface area (Å²) in [6, 6.07) is 16.8. The van der Waals surface area contributed by atoms with Crippen LogP contribution in [0.4, 0.5) is 0 Å². The quantitative estimate of drug-likeness (QED) is 0.428. The highest BCUT2D eigenvalue weighted by molar-refractivity contribution is 5.49. The maximum atomic E-state index is 5.44. The number of unbranched alkanes of at least 4 members (excludes halogenated alkanes) is 3. The van der Waals surface area contributed by atoms with E-state index < -0.39 is 0 Å². The van der Waals surface area contributed by atoms with Gasteiger partial charge in [-0.15, -0.1) is 0 Å². The summed E-state index contributed by atoms with van der Waals surface area (Å²) < 4.78 is 5.44. The van der Waals surface area contributed by atoms with E-state index in [4.69, 9.17) is 4.74 Å². The number of rotatable bonds is 9. The van der Waals surface area contributed by atoms with Gasteiger partial charge in [-0.1, -0.05) is 56.2 Å². The molecule has 1 unspecified atom stereocenters. The van der Waals surface area contributed by atoms with E-state index in [1.165, 1.54) is 31.2 Å². The molecular weight excluding hydrogens is 330 g/mol. The second-order valence-electron chi connectivity index (χ2n) is 7.23. The molecular formula is C25H33NO. The zero-order chi connectivity index (χ0) is 19.5. The van der Waals surface area contributed by atoms with Crippen LogP contribution in [0.1, 0.15) is 56.2 Å². The van der Waals surface area contributed by atoms with Gasteiger partial charge in [0.15, 0.2) is 0 Å². The molecule has 2 aromatic carbocycles. The molecule has 0 saturated carbocycles. The number of ether oxygens (including phenoxy) is 1. The molecule has 0 spiro atoms. The van der Waals surface area contributed by atoms with Crippen molar-refractivity contribution < 1.29 is 4.74 Å². The van der Waals surface area contributed by atoms with Gasteiger partial charge < -0.3 is 9.64 Å². The number of hydrogen-bond acceptors (Lipinski definition) is 2. The molecule has 0 aliphatic carbocycles. The van der Waals surface area contributed by atoms with Crippen LogP contribution >= 0.6 is 0 Å². The normalized spacial score (nSPS) is 11.7. The Kier molecular flexibility index (Phi) is 8.95. The molecule has 0 aromatic heterocycles. The van der Waals surface area contributed by atoms with Crippen LogP contribution in [0.15, 0.2) is 48.5 Å². The zero-order valence-corrected chi connectivity index (χ0v) is 17.3. The molecule has 2 nitrogen and oxygen atoms in total. The molecule has 0 heterocycles. The van der Waals surface area contributed by atoms with Crippen molar-refractivity contribution in [3.8, 4) is 17.6 Å². The van der Waals surface area contributed by atoms with Crippen LogP contribution in [-0.4, -0.2) is 31.6 Å². The van der Waals surface area contributed by atoms with Crippen LogP contribution in [-0.2, 0) is 6.42 Å². The average Bonchev–Trinajstić information content (AvgIpc) is 2.70. The van der Waals surface area contributed by atoms with Gasteiger partial charge in [-0.05, 0) is 69.3 Å². The lowest BCUT2D eigenvalue weighted by atomic mass is 9.99. The van der Waals surface area contributed by atoms with Crippen LogP contribution < -0.4 is 4.74 Å². The Morgan fingerprint density at radius 3 is 2.48 bits per heavy atom. The maximum absolute atomic E-state index is 5.44. The molecule has 27 heavy (non-hydrogen) atoms. The van der Waals surface area contributed by atoms with E-state index in [0.29, 0.717) is 6.04 Å². The summed E-state index contributed by atoms with van der Waals surface area (Å²) in [4.78, 5) is 2.46. The summed E-state index contributed by atoms with van der Waals surface area (Å²) in [7, 11) is 3.95. The molecule has 0 aliphatic heterocycles. The summed E-state index contributed by atoms with van der Waals surface area (Å²) in [6.07, 6.45) is 6.18. The van der Waals surface area contributed by atoms with Crippen LogP contribution in [0.25, 0.3) is 0 Å². The fourth-order valence-electron chi connectivity index (χ4n) is 3.13. The van der Waals surface area contributed by atoms with Gasteiger partial charge in [-0.3, -0.25) is 0 Å². The molecule has 0 N–H and O–H groups in total. The highest BCUT2D eigenvalue weighted by atomic mass is 16.5. The van der Waals surface area contributed by atoms with Crippen molar-refractivity contribution in [2.24, 2.45) is 0 Å². The molecule has 0 saturated heterocycles. The fourth-order valence-corrected chi connectivity index (χ4v) is 3.13. The van der Waals surface area contributed by atoms with E-state index in [2.05, 4.69) is 49.8 Å². The summed E-state index contributed by atoms with van der Waals surface area (Å²) in [6.45, 7) is 5.71. The van der Waals surface area contributed by atoms with E-state index in [0.717, 1.165) is 29.8 Å². The third kappa shape index (κ3) is 7.12.